The molecule has 2 aromatic rings. The van der Waals surface area contributed by atoms with Gasteiger partial charge in [0.05, 0.1) is 23.9 Å². The number of benzene rings is 1. The van der Waals surface area contributed by atoms with Crippen molar-refractivity contribution in [2.24, 2.45) is 10.7 Å². The number of carbonyl (C=O) groups is 2. The molecule has 1 aromatic heterocycles. The van der Waals surface area contributed by atoms with E-state index in [-0.39, 0.29) is 17.7 Å². The van der Waals surface area contributed by atoms with Gasteiger partial charge >= 0.3 is 5.97 Å². The van der Waals surface area contributed by atoms with E-state index in [9.17, 15) is 9.59 Å². The van der Waals surface area contributed by atoms with E-state index < -0.39 is 11.9 Å². The van der Waals surface area contributed by atoms with Crippen LogP contribution in [0.25, 0.3) is 0 Å². The maximum Gasteiger partial charge on any atom is 0.350 e. The van der Waals surface area contributed by atoms with Crippen LogP contribution in [0, 0.1) is 18.3 Å². The second-order valence-electron chi connectivity index (χ2n) is 4.77. The molecule has 0 spiro atoms. The molecule has 0 unspecified atom stereocenters. The van der Waals surface area contributed by atoms with Crippen LogP contribution < -0.4 is 11.1 Å². The van der Waals surface area contributed by atoms with Gasteiger partial charge in [0.2, 0.25) is 11.1 Å². The lowest BCUT2D eigenvalue weighted by molar-refractivity contribution is 0.0531. The molecule has 0 aliphatic heterocycles. The summed E-state index contributed by atoms with van der Waals surface area (Å²) in [6.07, 6.45) is 0. The zero-order valence-electron chi connectivity index (χ0n) is 13.6. The zero-order valence-corrected chi connectivity index (χ0v) is 14.4. The minimum absolute atomic E-state index is 0.154. The molecule has 0 saturated carbocycles. The smallest absolute Gasteiger partial charge is 0.350 e. The number of carbonyl (C=O) groups excluding carboxylic acids is 2. The molecule has 0 fully saturated rings. The largest absolute Gasteiger partial charge is 0.462 e. The Morgan fingerprint density at radius 3 is 2.68 bits per heavy atom. The number of esters is 1. The highest BCUT2D eigenvalue weighted by Gasteiger charge is 2.16. The van der Waals surface area contributed by atoms with Gasteiger partial charge in [0.1, 0.15) is 4.88 Å². The minimum atomic E-state index is -0.473. The van der Waals surface area contributed by atoms with Crippen LogP contribution in [0.15, 0.2) is 29.3 Å². The summed E-state index contributed by atoms with van der Waals surface area (Å²) in [5, 5.41) is 11.4. The number of hydrogen-bond donors (Lipinski definition) is 2. The molecule has 8 nitrogen and oxygen atoms in total. The summed E-state index contributed by atoms with van der Waals surface area (Å²) in [5.74, 6) is -1.10. The SMILES string of the molecule is CCOC(=O)c1sc(/N=C(\N)NC(=O)c2ccc(C#N)cc2)nc1C. The number of thiazole rings is 1. The monoisotopic (exact) mass is 357 g/mol. The molecule has 0 aliphatic carbocycles. The molecule has 0 aliphatic rings. The van der Waals surface area contributed by atoms with Gasteiger partial charge in [0.25, 0.3) is 5.91 Å². The van der Waals surface area contributed by atoms with Gasteiger partial charge in [0, 0.05) is 5.56 Å². The van der Waals surface area contributed by atoms with E-state index in [0.29, 0.717) is 21.7 Å². The van der Waals surface area contributed by atoms with Crippen molar-refractivity contribution in [1.29, 1.82) is 5.26 Å². The van der Waals surface area contributed by atoms with Crippen LogP contribution in [0.5, 0.6) is 0 Å². The predicted octanol–water partition coefficient (Wildman–Crippen LogP) is 1.88. The van der Waals surface area contributed by atoms with Crippen molar-refractivity contribution in [1.82, 2.24) is 10.3 Å². The van der Waals surface area contributed by atoms with Crippen LogP contribution >= 0.6 is 11.3 Å². The normalized spacial score (nSPS) is 10.8. The fourth-order valence-electron chi connectivity index (χ4n) is 1.83. The Labute approximate surface area is 148 Å². The number of aliphatic imine (C=N–C) groups is 1. The maximum absolute atomic E-state index is 12.1. The zero-order chi connectivity index (χ0) is 18.4. The highest BCUT2D eigenvalue weighted by atomic mass is 32.1. The van der Waals surface area contributed by atoms with E-state index in [0.717, 1.165) is 11.3 Å². The second kappa shape index (κ2) is 8.03. The quantitative estimate of drug-likeness (QED) is 0.488. The van der Waals surface area contributed by atoms with Gasteiger partial charge < -0.3 is 10.5 Å². The van der Waals surface area contributed by atoms with E-state index in [1.807, 2.05) is 6.07 Å². The topological polar surface area (TPSA) is 130 Å². The molecule has 0 bridgehead atoms. The number of ether oxygens (including phenoxy) is 1. The molecule has 9 heteroatoms. The Kier molecular flexibility index (Phi) is 5.81. The van der Waals surface area contributed by atoms with Gasteiger partial charge in [-0.25, -0.2) is 9.78 Å². The van der Waals surface area contributed by atoms with Gasteiger partial charge in [-0.15, -0.1) is 0 Å². The van der Waals surface area contributed by atoms with Crippen LogP contribution in [-0.2, 0) is 4.74 Å². The summed E-state index contributed by atoms with van der Waals surface area (Å²) in [6, 6.07) is 8.03. The molecule has 128 valence electrons. The number of rotatable bonds is 4. The van der Waals surface area contributed by atoms with Crippen LogP contribution in [0.3, 0.4) is 0 Å². The first-order valence-electron chi connectivity index (χ1n) is 7.24. The Bertz CT molecular complexity index is 865. The van der Waals surface area contributed by atoms with E-state index in [1.54, 1.807) is 13.8 Å². The molecular weight excluding hydrogens is 342 g/mol. The maximum atomic E-state index is 12.1. The number of aryl methyl sites for hydroxylation is 1. The first-order valence-corrected chi connectivity index (χ1v) is 8.06. The molecule has 1 aromatic carbocycles. The number of nitrogens with one attached hydrogen (secondary N) is 1. The van der Waals surface area contributed by atoms with E-state index in [2.05, 4.69) is 15.3 Å². The number of nitrogens with two attached hydrogens (primary N) is 1. The minimum Gasteiger partial charge on any atom is -0.462 e. The highest BCUT2D eigenvalue weighted by Crippen LogP contribution is 2.25. The fourth-order valence-corrected chi connectivity index (χ4v) is 2.68. The average Bonchev–Trinajstić information content (AvgIpc) is 2.95. The summed E-state index contributed by atoms with van der Waals surface area (Å²) < 4.78 is 4.93. The van der Waals surface area contributed by atoms with Gasteiger partial charge in [-0.1, -0.05) is 11.3 Å². The lowest BCUT2D eigenvalue weighted by Gasteiger charge is -2.03. The Morgan fingerprint density at radius 2 is 2.08 bits per heavy atom. The lowest BCUT2D eigenvalue weighted by atomic mass is 10.1. The standard InChI is InChI=1S/C16H15N5O3S/c1-3-24-14(23)12-9(2)19-16(25-12)21-15(18)20-13(22)11-6-4-10(8-17)5-7-11/h4-7H,3H2,1-2H3,(H3,18,19,20,21,22). The Morgan fingerprint density at radius 1 is 1.40 bits per heavy atom. The summed E-state index contributed by atoms with van der Waals surface area (Å²) in [5.41, 5.74) is 6.97. The summed E-state index contributed by atoms with van der Waals surface area (Å²) in [4.78, 5) is 32.3. The van der Waals surface area contributed by atoms with Crippen LogP contribution in [0.1, 0.15) is 38.2 Å². The average molecular weight is 357 g/mol. The number of nitrogens with zero attached hydrogens (tertiary/aromatic N) is 3. The predicted molar refractivity (Wildman–Crippen MR) is 92.7 cm³/mol. The van der Waals surface area contributed by atoms with Crippen molar-refractivity contribution in [3.63, 3.8) is 0 Å². The third-order valence-electron chi connectivity index (χ3n) is 2.98. The molecule has 1 heterocycles. The van der Waals surface area contributed by atoms with Gasteiger partial charge in [-0.3, -0.25) is 10.1 Å². The molecular formula is C16H15N5O3S. The van der Waals surface area contributed by atoms with Crippen molar-refractivity contribution in [3.05, 3.63) is 46.0 Å². The molecule has 2 rings (SSSR count). The highest BCUT2D eigenvalue weighted by molar-refractivity contribution is 7.17. The van der Waals surface area contributed by atoms with Crippen molar-refractivity contribution in [3.8, 4) is 6.07 Å². The molecule has 3 N–H and O–H groups in total. The Balaban J connectivity index is 2.10. The van der Waals surface area contributed by atoms with Crippen molar-refractivity contribution >= 4 is 34.3 Å². The van der Waals surface area contributed by atoms with Gasteiger partial charge in [-0.2, -0.15) is 10.3 Å². The third kappa shape index (κ3) is 4.62. The molecule has 1 amide bonds. The van der Waals surface area contributed by atoms with Crippen molar-refractivity contribution in [2.75, 3.05) is 6.61 Å². The third-order valence-corrected chi connectivity index (χ3v) is 4.01. The van der Waals surface area contributed by atoms with Crippen LogP contribution in [-0.4, -0.2) is 29.4 Å². The molecule has 0 saturated heterocycles. The number of aromatic nitrogens is 1. The first-order chi connectivity index (χ1) is 11.9. The molecule has 0 atom stereocenters. The Hall–Kier alpha value is -3.25. The molecule has 25 heavy (non-hydrogen) atoms. The fraction of sp³-hybridized carbons (Fsp3) is 0.188. The first kappa shape index (κ1) is 18.1. The summed E-state index contributed by atoms with van der Waals surface area (Å²) in [7, 11) is 0. The number of guanidine groups is 1. The van der Waals surface area contributed by atoms with E-state index >= 15 is 0 Å². The number of hydrogen-bond acceptors (Lipinski definition) is 7. The van der Waals surface area contributed by atoms with Gasteiger partial charge in [-0.05, 0) is 38.1 Å². The van der Waals surface area contributed by atoms with E-state index in [1.165, 1.54) is 24.3 Å². The van der Waals surface area contributed by atoms with Crippen LogP contribution in [0.2, 0.25) is 0 Å². The summed E-state index contributed by atoms with van der Waals surface area (Å²) >= 11 is 1.02. The lowest BCUT2D eigenvalue weighted by Crippen LogP contribution is -2.36. The summed E-state index contributed by atoms with van der Waals surface area (Å²) in [6.45, 7) is 3.63. The number of amides is 1. The second-order valence-corrected chi connectivity index (χ2v) is 5.75. The molecule has 0 radical (unpaired) electrons. The number of nitriles is 1. The van der Waals surface area contributed by atoms with Crippen molar-refractivity contribution in [2.45, 2.75) is 13.8 Å². The van der Waals surface area contributed by atoms with Crippen molar-refractivity contribution < 1.29 is 14.3 Å². The van der Waals surface area contributed by atoms with Crippen LogP contribution in [0.4, 0.5) is 5.13 Å². The van der Waals surface area contributed by atoms with Gasteiger partial charge in [0.15, 0.2) is 0 Å². The van der Waals surface area contributed by atoms with E-state index in [4.69, 9.17) is 15.7 Å².